The number of likely N-dealkylation sites (tertiary alicyclic amines) is 1. The quantitative estimate of drug-likeness (QED) is 0.593. The van der Waals surface area contributed by atoms with E-state index in [1.165, 1.54) is 0 Å². The number of fused-ring (bicyclic) bond motifs is 5. The first-order valence-electron chi connectivity index (χ1n) is 12.3. The number of aliphatic hydroxyl groups excluding tert-OH is 1. The number of benzene rings is 1. The molecule has 1 aromatic heterocycles. The van der Waals surface area contributed by atoms with Gasteiger partial charge in [-0.2, -0.15) is 0 Å². The number of aliphatic hydroxyl groups is 1. The van der Waals surface area contributed by atoms with E-state index >= 15 is 0 Å². The molecular formula is C26H32N4O5. The highest BCUT2D eigenvalue weighted by Gasteiger charge is 2.39. The van der Waals surface area contributed by atoms with Crippen LogP contribution in [0.4, 0.5) is 0 Å². The first-order valence-corrected chi connectivity index (χ1v) is 12.3. The Morgan fingerprint density at radius 3 is 2.77 bits per heavy atom. The SMILES string of the molecule is O=C1N[C@H]2C[C@@H](C(=O)NC[C@H]3O[C@H](CCOc4ccccc41)CC[C@@H]3O)N(Cc1ccncc1)C2. The third-order valence-corrected chi connectivity index (χ3v) is 7.06. The fraction of sp³-hybridized carbons (Fsp3) is 0.500. The van der Waals surface area contributed by atoms with Gasteiger partial charge in [0.15, 0.2) is 0 Å². The van der Waals surface area contributed by atoms with E-state index in [2.05, 4.69) is 20.5 Å². The molecule has 0 unspecified atom stereocenters. The Hall–Kier alpha value is -3.01. The molecule has 5 atom stereocenters. The zero-order chi connectivity index (χ0) is 24.2. The fourth-order valence-electron chi connectivity index (χ4n) is 5.19. The number of carbonyl (C=O) groups is 2. The Morgan fingerprint density at radius 1 is 1.09 bits per heavy atom. The molecule has 5 rings (SSSR count). The topological polar surface area (TPSA) is 113 Å². The maximum absolute atomic E-state index is 13.3. The summed E-state index contributed by atoms with van der Waals surface area (Å²) < 4.78 is 12.1. The van der Waals surface area contributed by atoms with Crippen molar-refractivity contribution in [2.24, 2.45) is 0 Å². The second kappa shape index (κ2) is 10.7. The highest BCUT2D eigenvalue weighted by atomic mass is 16.5. The van der Waals surface area contributed by atoms with Crippen LogP contribution in [0.25, 0.3) is 0 Å². The third kappa shape index (κ3) is 5.63. The number of aromatic nitrogens is 1. The average molecular weight is 481 g/mol. The molecule has 3 aliphatic rings. The van der Waals surface area contributed by atoms with Gasteiger partial charge in [0.1, 0.15) is 11.9 Å². The number of pyridine rings is 1. The van der Waals surface area contributed by atoms with Gasteiger partial charge in [0.05, 0.1) is 30.4 Å². The van der Waals surface area contributed by atoms with Crippen molar-refractivity contribution in [3.05, 3.63) is 59.9 Å². The van der Waals surface area contributed by atoms with E-state index in [1.807, 2.05) is 24.3 Å². The molecule has 0 aliphatic carbocycles. The van der Waals surface area contributed by atoms with Crippen molar-refractivity contribution in [3.8, 4) is 5.75 Å². The molecule has 3 N–H and O–H groups in total. The highest BCUT2D eigenvalue weighted by Crippen LogP contribution is 2.26. The van der Waals surface area contributed by atoms with Gasteiger partial charge in [-0.1, -0.05) is 12.1 Å². The zero-order valence-electron chi connectivity index (χ0n) is 19.6. The standard InChI is InChI=1S/C26H32N4O5/c31-22-6-5-19-9-12-34-23-4-2-1-3-20(23)25(32)29-18-13-21(26(33)28-14-24(22)35-19)30(16-18)15-17-7-10-27-11-8-17/h1-4,7-8,10-11,18-19,21-22,24,31H,5-6,9,12-16H2,(H,28,33)(H,29,32)/t18-,19-,21-,22-,24+/m0/s1. The Balaban J connectivity index is 1.39. The molecule has 2 saturated heterocycles. The number of hydrogen-bond donors (Lipinski definition) is 3. The monoisotopic (exact) mass is 480 g/mol. The number of ether oxygens (including phenoxy) is 2. The molecule has 0 radical (unpaired) electrons. The van der Waals surface area contributed by atoms with Crippen molar-refractivity contribution in [2.75, 3.05) is 19.7 Å². The summed E-state index contributed by atoms with van der Waals surface area (Å²) in [6.45, 7) is 1.75. The van der Waals surface area contributed by atoms with Gasteiger partial charge in [-0.25, -0.2) is 0 Å². The smallest absolute Gasteiger partial charge is 0.255 e. The molecule has 4 bridgehead atoms. The summed E-state index contributed by atoms with van der Waals surface area (Å²) in [4.78, 5) is 32.6. The van der Waals surface area contributed by atoms with E-state index in [9.17, 15) is 14.7 Å². The van der Waals surface area contributed by atoms with Crippen LogP contribution in [0.1, 0.15) is 41.6 Å². The third-order valence-electron chi connectivity index (χ3n) is 7.06. The summed E-state index contributed by atoms with van der Waals surface area (Å²) in [5, 5.41) is 16.6. The number of hydrogen-bond acceptors (Lipinski definition) is 7. The molecule has 0 saturated carbocycles. The summed E-state index contributed by atoms with van der Waals surface area (Å²) in [6.07, 6.45) is 4.78. The van der Waals surface area contributed by atoms with Gasteiger partial charge in [0, 0.05) is 44.5 Å². The second-order valence-corrected chi connectivity index (χ2v) is 9.53. The Kier molecular flexibility index (Phi) is 7.26. The van der Waals surface area contributed by atoms with E-state index in [0.29, 0.717) is 50.3 Å². The first kappa shape index (κ1) is 23.7. The summed E-state index contributed by atoms with van der Waals surface area (Å²) >= 11 is 0. The molecule has 9 nitrogen and oxygen atoms in total. The number of nitrogens with one attached hydrogen (secondary N) is 2. The summed E-state index contributed by atoms with van der Waals surface area (Å²) in [5.74, 6) is 0.203. The van der Waals surface area contributed by atoms with Crippen molar-refractivity contribution < 1.29 is 24.2 Å². The van der Waals surface area contributed by atoms with Crippen LogP contribution in [0.2, 0.25) is 0 Å². The Labute approximate surface area is 204 Å². The summed E-state index contributed by atoms with van der Waals surface area (Å²) in [5.41, 5.74) is 1.52. The fourth-order valence-corrected chi connectivity index (χ4v) is 5.19. The zero-order valence-corrected chi connectivity index (χ0v) is 19.6. The lowest BCUT2D eigenvalue weighted by Crippen LogP contribution is -2.50. The maximum Gasteiger partial charge on any atom is 0.255 e. The van der Waals surface area contributed by atoms with Crippen LogP contribution in [0.3, 0.4) is 0 Å². The molecule has 2 amide bonds. The van der Waals surface area contributed by atoms with Crippen molar-refractivity contribution >= 4 is 11.8 Å². The molecule has 2 aromatic rings. The van der Waals surface area contributed by atoms with E-state index in [1.54, 1.807) is 24.5 Å². The second-order valence-electron chi connectivity index (χ2n) is 9.53. The lowest BCUT2D eigenvalue weighted by Gasteiger charge is -2.34. The van der Waals surface area contributed by atoms with Crippen LogP contribution >= 0.6 is 0 Å². The molecule has 4 heterocycles. The molecule has 35 heavy (non-hydrogen) atoms. The molecule has 0 spiro atoms. The maximum atomic E-state index is 13.3. The van der Waals surface area contributed by atoms with Crippen LogP contribution in [-0.4, -0.2) is 76.9 Å². The largest absolute Gasteiger partial charge is 0.493 e. The normalized spacial score (nSPS) is 30.0. The number of rotatable bonds is 2. The van der Waals surface area contributed by atoms with E-state index < -0.39 is 18.2 Å². The lowest BCUT2D eigenvalue weighted by atomic mass is 9.99. The van der Waals surface area contributed by atoms with Crippen molar-refractivity contribution in [3.63, 3.8) is 0 Å². The van der Waals surface area contributed by atoms with Gasteiger partial charge in [-0.3, -0.25) is 19.5 Å². The Morgan fingerprint density at radius 2 is 1.91 bits per heavy atom. The molecule has 1 aromatic carbocycles. The number of amides is 2. The molecule has 2 fully saturated rings. The van der Waals surface area contributed by atoms with E-state index in [-0.39, 0.29) is 30.5 Å². The van der Waals surface area contributed by atoms with Crippen LogP contribution < -0.4 is 15.4 Å². The van der Waals surface area contributed by atoms with E-state index in [0.717, 1.165) is 12.0 Å². The highest BCUT2D eigenvalue weighted by molar-refractivity contribution is 5.97. The van der Waals surface area contributed by atoms with Crippen LogP contribution in [0.5, 0.6) is 5.75 Å². The average Bonchev–Trinajstić information content (AvgIpc) is 3.26. The minimum Gasteiger partial charge on any atom is -0.493 e. The van der Waals surface area contributed by atoms with Gasteiger partial charge in [0.2, 0.25) is 5.91 Å². The lowest BCUT2D eigenvalue weighted by molar-refractivity contribution is -0.133. The van der Waals surface area contributed by atoms with Crippen molar-refractivity contribution in [1.29, 1.82) is 0 Å². The first-order chi connectivity index (χ1) is 17.1. The number of nitrogens with zero attached hydrogens (tertiary/aromatic N) is 2. The van der Waals surface area contributed by atoms with Gasteiger partial charge in [0.25, 0.3) is 5.91 Å². The van der Waals surface area contributed by atoms with Crippen molar-refractivity contribution in [1.82, 2.24) is 20.5 Å². The number of para-hydroxylation sites is 1. The predicted molar refractivity (Wildman–Crippen MR) is 128 cm³/mol. The van der Waals surface area contributed by atoms with Gasteiger partial charge in [-0.05, 0) is 49.1 Å². The van der Waals surface area contributed by atoms with Gasteiger partial charge >= 0.3 is 0 Å². The summed E-state index contributed by atoms with van der Waals surface area (Å²) in [6, 6.07) is 10.5. The van der Waals surface area contributed by atoms with Crippen LogP contribution in [-0.2, 0) is 16.1 Å². The van der Waals surface area contributed by atoms with Crippen LogP contribution in [0, 0.1) is 0 Å². The van der Waals surface area contributed by atoms with Gasteiger partial charge in [-0.15, -0.1) is 0 Å². The van der Waals surface area contributed by atoms with Gasteiger partial charge < -0.3 is 25.2 Å². The number of carbonyl (C=O) groups excluding carboxylic acids is 2. The van der Waals surface area contributed by atoms with Crippen molar-refractivity contribution in [2.45, 2.75) is 62.6 Å². The molecule has 9 heteroatoms. The molecule has 3 aliphatic heterocycles. The summed E-state index contributed by atoms with van der Waals surface area (Å²) in [7, 11) is 0. The van der Waals surface area contributed by atoms with Crippen LogP contribution in [0.15, 0.2) is 48.8 Å². The Bertz CT molecular complexity index is 1040. The minimum absolute atomic E-state index is 0.0757. The molecular weight excluding hydrogens is 448 g/mol. The van der Waals surface area contributed by atoms with E-state index in [4.69, 9.17) is 9.47 Å². The predicted octanol–water partition coefficient (Wildman–Crippen LogP) is 1.26. The minimum atomic E-state index is -0.615. The molecule has 186 valence electrons.